The lowest BCUT2D eigenvalue weighted by molar-refractivity contribution is 0.143. The Morgan fingerprint density at radius 2 is 2.00 bits per heavy atom. The summed E-state index contributed by atoms with van der Waals surface area (Å²) in [4.78, 5) is 16.1. The minimum absolute atomic E-state index is 0.298. The van der Waals surface area contributed by atoms with E-state index in [1.807, 2.05) is 30.5 Å². The van der Waals surface area contributed by atoms with E-state index in [0.717, 1.165) is 36.2 Å². The molecule has 0 fully saturated rings. The van der Waals surface area contributed by atoms with Gasteiger partial charge in [0.05, 0.1) is 18.0 Å². The van der Waals surface area contributed by atoms with E-state index in [2.05, 4.69) is 16.4 Å². The number of rotatable bonds is 7. The highest BCUT2D eigenvalue weighted by atomic mass is 35.5. The van der Waals surface area contributed by atoms with Crippen LogP contribution in [0.25, 0.3) is 0 Å². The number of unbranched alkanes of at least 4 members (excludes halogenated alkanes) is 1. The van der Waals surface area contributed by atoms with Gasteiger partial charge in [0, 0.05) is 23.7 Å². The van der Waals surface area contributed by atoms with Gasteiger partial charge in [-0.3, -0.25) is 4.99 Å². The monoisotopic (exact) mass is 371 g/mol. The van der Waals surface area contributed by atoms with Gasteiger partial charge in [0.1, 0.15) is 0 Å². The zero-order chi connectivity index (χ0) is 18.4. The topological polar surface area (TPSA) is 76.7 Å². The van der Waals surface area contributed by atoms with Crippen LogP contribution < -0.4 is 11.1 Å². The normalized spacial score (nSPS) is 14.9. The van der Waals surface area contributed by atoms with Crippen molar-refractivity contribution in [3.05, 3.63) is 58.6 Å². The molecule has 1 unspecified atom stereocenters. The summed E-state index contributed by atoms with van der Waals surface area (Å²) in [6.45, 7) is 0.826. The van der Waals surface area contributed by atoms with E-state index in [1.165, 1.54) is 5.56 Å². The molecule has 0 aromatic heterocycles. The summed E-state index contributed by atoms with van der Waals surface area (Å²) >= 11 is 5.83. The number of hydrogen-bond acceptors (Lipinski definition) is 4. The molecule has 2 aromatic rings. The Morgan fingerprint density at radius 1 is 1.19 bits per heavy atom. The molecule has 2 aromatic carbocycles. The van der Waals surface area contributed by atoms with Crippen LogP contribution in [0.3, 0.4) is 0 Å². The fraction of sp³-hybridized carbons (Fsp3) is 0.300. The SMILES string of the molecule is Nc1cccc2c1N=CC2CCCCOC(=O)NCc1ccc(Cl)cc1. The third-order valence-corrected chi connectivity index (χ3v) is 4.63. The smallest absolute Gasteiger partial charge is 0.407 e. The summed E-state index contributed by atoms with van der Waals surface area (Å²) in [7, 11) is 0. The number of hydrogen-bond donors (Lipinski definition) is 2. The van der Waals surface area contributed by atoms with Crippen molar-refractivity contribution < 1.29 is 9.53 Å². The number of nitrogen functional groups attached to an aromatic ring is 1. The number of amides is 1. The molecule has 0 aliphatic carbocycles. The number of para-hydroxylation sites is 1. The van der Waals surface area contributed by atoms with Crippen molar-refractivity contribution in [1.29, 1.82) is 0 Å². The van der Waals surface area contributed by atoms with Crippen LogP contribution in [0.4, 0.5) is 16.2 Å². The molecule has 26 heavy (non-hydrogen) atoms. The average Bonchev–Trinajstić information content (AvgIpc) is 3.05. The first kappa shape index (κ1) is 18.3. The molecule has 1 aliphatic rings. The molecule has 1 heterocycles. The number of benzene rings is 2. The Balaban J connectivity index is 1.31. The van der Waals surface area contributed by atoms with Gasteiger partial charge in [-0.1, -0.05) is 35.9 Å². The van der Waals surface area contributed by atoms with Crippen molar-refractivity contribution in [2.24, 2.45) is 4.99 Å². The minimum Gasteiger partial charge on any atom is -0.450 e. The summed E-state index contributed by atoms with van der Waals surface area (Å²) in [5, 5.41) is 3.41. The van der Waals surface area contributed by atoms with Gasteiger partial charge in [-0.05, 0) is 48.6 Å². The van der Waals surface area contributed by atoms with E-state index in [-0.39, 0.29) is 0 Å². The van der Waals surface area contributed by atoms with Crippen LogP contribution in [0.2, 0.25) is 5.02 Å². The Morgan fingerprint density at radius 3 is 2.81 bits per heavy atom. The number of fused-ring (bicyclic) bond motifs is 1. The fourth-order valence-corrected chi connectivity index (χ4v) is 3.09. The van der Waals surface area contributed by atoms with E-state index < -0.39 is 6.09 Å². The van der Waals surface area contributed by atoms with Crippen molar-refractivity contribution in [3.63, 3.8) is 0 Å². The molecule has 136 valence electrons. The van der Waals surface area contributed by atoms with Gasteiger partial charge >= 0.3 is 6.09 Å². The van der Waals surface area contributed by atoms with Crippen molar-refractivity contribution in [2.75, 3.05) is 12.3 Å². The molecule has 1 aliphatic heterocycles. The maximum atomic E-state index is 11.7. The Bertz CT molecular complexity index is 790. The maximum absolute atomic E-state index is 11.7. The molecule has 0 saturated carbocycles. The van der Waals surface area contributed by atoms with Crippen molar-refractivity contribution >= 4 is 35.3 Å². The number of anilines is 1. The van der Waals surface area contributed by atoms with E-state index in [0.29, 0.717) is 24.1 Å². The van der Waals surface area contributed by atoms with Gasteiger partial charge in [0.15, 0.2) is 0 Å². The number of carbonyl (C=O) groups is 1. The number of nitrogens with zero attached hydrogens (tertiary/aromatic N) is 1. The first-order chi connectivity index (χ1) is 12.6. The number of carbonyl (C=O) groups excluding carboxylic acids is 1. The second-order valence-corrected chi connectivity index (χ2v) is 6.72. The van der Waals surface area contributed by atoms with Crippen LogP contribution in [0.5, 0.6) is 0 Å². The predicted octanol–water partition coefficient (Wildman–Crippen LogP) is 4.82. The molecule has 1 amide bonds. The summed E-state index contributed by atoms with van der Waals surface area (Å²) in [6, 6.07) is 13.2. The standard InChI is InChI=1S/C20H22ClN3O2/c21-16-9-7-14(8-10-16)12-24-20(25)26-11-2-1-4-15-13-23-19-17(15)5-3-6-18(19)22/h3,5-10,13,15H,1-2,4,11-12,22H2,(H,24,25). The van der Waals surface area contributed by atoms with E-state index in [9.17, 15) is 4.79 Å². The summed E-state index contributed by atoms with van der Waals surface area (Å²) in [5.41, 5.74) is 9.72. The molecule has 0 bridgehead atoms. The predicted molar refractivity (Wildman–Crippen MR) is 105 cm³/mol. The zero-order valence-electron chi connectivity index (χ0n) is 14.5. The Kier molecular flexibility index (Phi) is 6.12. The van der Waals surface area contributed by atoms with Crippen LogP contribution in [-0.4, -0.2) is 18.9 Å². The quantitative estimate of drug-likeness (QED) is 0.541. The average molecular weight is 372 g/mol. The zero-order valence-corrected chi connectivity index (χ0v) is 15.2. The van der Waals surface area contributed by atoms with Gasteiger partial charge in [0.2, 0.25) is 0 Å². The molecule has 5 nitrogen and oxygen atoms in total. The molecule has 3 rings (SSSR count). The molecular weight excluding hydrogens is 350 g/mol. The summed E-state index contributed by atoms with van der Waals surface area (Å²) < 4.78 is 5.21. The molecular formula is C20H22ClN3O2. The third-order valence-electron chi connectivity index (χ3n) is 4.37. The van der Waals surface area contributed by atoms with Gasteiger partial charge in [0.25, 0.3) is 0 Å². The number of nitrogens with one attached hydrogen (secondary N) is 1. The van der Waals surface area contributed by atoms with E-state index in [4.69, 9.17) is 22.1 Å². The molecule has 0 radical (unpaired) electrons. The lowest BCUT2D eigenvalue weighted by atomic mass is 9.95. The van der Waals surface area contributed by atoms with Crippen molar-refractivity contribution in [2.45, 2.75) is 31.7 Å². The summed E-state index contributed by atoms with van der Waals surface area (Å²) in [6.07, 6.45) is 4.29. The van der Waals surface area contributed by atoms with Gasteiger partial charge in [-0.25, -0.2) is 4.79 Å². The number of ether oxygens (including phenoxy) is 1. The van der Waals surface area contributed by atoms with Gasteiger partial charge < -0.3 is 15.8 Å². The highest BCUT2D eigenvalue weighted by molar-refractivity contribution is 6.30. The van der Waals surface area contributed by atoms with Gasteiger partial charge in [-0.15, -0.1) is 0 Å². The largest absolute Gasteiger partial charge is 0.450 e. The van der Waals surface area contributed by atoms with Crippen LogP contribution >= 0.6 is 11.6 Å². The first-order valence-corrected chi connectivity index (χ1v) is 9.09. The second-order valence-electron chi connectivity index (χ2n) is 6.28. The molecule has 0 saturated heterocycles. The van der Waals surface area contributed by atoms with Crippen LogP contribution in [0, 0.1) is 0 Å². The van der Waals surface area contributed by atoms with Crippen molar-refractivity contribution in [3.8, 4) is 0 Å². The Labute approximate surface area is 158 Å². The van der Waals surface area contributed by atoms with Crippen LogP contribution in [0.1, 0.15) is 36.3 Å². The number of aliphatic imine (C=N–C) groups is 1. The van der Waals surface area contributed by atoms with E-state index in [1.54, 1.807) is 12.1 Å². The maximum Gasteiger partial charge on any atom is 0.407 e. The molecule has 6 heteroatoms. The van der Waals surface area contributed by atoms with Gasteiger partial charge in [-0.2, -0.15) is 0 Å². The Hall–Kier alpha value is -2.53. The first-order valence-electron chi connectivity index (χ1n) is 8.71. The van der Waals surface area contributed by atoms with Crippen LogP contribution in [-0.2, 0) is 11.3 Å². The lowest BCUT2D eigenvalue weighted by Gasteiger charge is -2.10. The fourth-order valence-electron chi connectivity index (χ4n) is 2.96. The van der Waals surface area contributed by atoms with Crippen LogP contribution in [0.15, 0.2) is 47.5 Å². The van der Waals surface area contributed by atoms with Crippen molar-refractivity contribution in [1.82, 2.24) is 5.32 Å². The summed E-state index contributed by atoms with van der Waals surface area (Å²) in [5.74, 6) is 0.298. The number of nitrogens with two attached hydrogens (primary N) is 1. The third kappa shape index (κ3) is 4.76. The number of alkyl carbamates (subject to hydrolysis) is 1. The molecule has 1 atom stereocenters. The second kappa shape index (κ2) is 8.72. The molecule has 3 N–H and O–H groups in total. The minimum atomic E-state index is -0.402. The highest BCUT2D eigenvalue weighted by Crippen LogP contribution is 2.38. The van der Waals surface area contributed by atoms with E-state index >= 15 is 0 Å². The number of halogens is 1. The molecule has 0 spiro atoms. The highest BCUT2D eigenvalue weighted by Gasteiger charge is 2.19. The lowest BCUT2D eigenvalue weighted by Crippen LogP contribution is -2.24.